The molecule has 4 aromatic rings. The number of H-pyrrole nitrogens is 1. The van der Waals surface area contributed by atoms with Crippen LogP contribution in [-0.2, 0) is 15.1 Å². The molecular formula is C29H27N5O4. The quantitative estimate of drug-likeness (QED) is 0.158. The van der Waals surface area contributed by atoms with Gasteiger partial charge in [0.05, 0.1) is 18.8 Å². The van der Waals surface area contributed by atoms with E-state index in [1.807, 2.05) is 91.0 Å². The van der Waals surface area contributed by atoms with Gasteiger partial charge in [0.1, 0.15) is 11.8 Å². The predicted molar refractivity (Wildman–Crippen MR) is 143 cm³/mol. The van der Waals surface area contributed by atoms with E-state index in [0.717, 1.165) is 16.7 Å². The molecule has 192 valence electrons. The molecule has 0 unspecified atom stereocenters. The number of benzene rings is 3. The summed E-state index contributed by atoms with van der Waals surface area (Å²) in [5.74, 6) is 0. The van der Waals surface area contributed by atoms with E-state index in [-0.39, 0.29) is 13.0 Å². The molecule has 3 atom stereocenters. The molecule has 1 N–H and O–H groups in total. The highest BCUT2D eigenvalue weighted by Crippen LogP contribution is 2.41. The molecule has 1 aliphatic rings. The Kier molecular flexibility index (Phi) is 7.24. The van der Waals surface area contributed by atoms with Gasteiger partial charge in [0.2, 0.25) is 0 Å². The lowest BCUT2D eigenvalue weighted by molar-refractivity contribution is -0.0796. The molecule has 2 heterocycles. The van der Waals surface area contributed by atoms with Crippen molar-refractivity contribution in [1.29, 1.82) is 0 Å². The minimum Gasteiger partial charge on any atom is -0.358 e. The summed E-state index contributed by atoms with van der Waals surface area (Å²) in [6.45, 7) is 1.69. The molecule has 5 rings (SSSR count). The van der Waals surface area contributed by atoms with Gasteiger partial charge in [0.25, 0.3) is 5.56 Å². The molecule has 0 spiro atoms. The second-order valence-corrected chi connectivity index (χ2v) is 9.21. The summed E-state index contributed by atoms with van der Waals surface area (Å²) in [6, 6.07) is 29.2. The van der Waals surface area contributed by atoms with E-state index < -0.39 is 35.2 Å². The maximum atomic E-state index is 12.5. The molecule has 0 saturated carbocycles. The number of nitrogens with zero attached hydrogens (tertiary/aromatic N) is 4. The first-order valence-electron chi connectivity index (χ1n) is 12.3. The maximum Gasteiger partial charge on any atom is 0.330 e. The lowest BCUT2D eigenvalue weighted by Gasteiger charge is -2.37. The van der Waals surface area contributed by atoms with E-state index in [2.05, 4.69) is 15.0 Å². The molecule has 0 radical (unpaired) electrons. The summed E-state index contributed by atoms with van der Waals surface area (Å²) in [4.78, 5) is 29.7. The molecule has 1 saturated heterocycles. The summed E-state index contributed by atoms with van der Waals surface area (Å²) < 4.78 is 14.4. The van der Waals surface area contributed by atoms with Crippen molar-refractivity contribution in [2.24, 2.45) is 5.11 Å². The Labute approximate surface area is 218 Å². The Balaban J connectivity index is 1.54. The van der Waals surface area contributed by atoms with Crippen LogP contribution in [0, 0.1) is 6.92 Å². The summed E-state index contributed by atoms with van der Waals surface area (Å²) in [5, 5.41) is 3.96. The third-order valence-electron chi connectivity index (χ3n) is 6.87. The zero-order valence-electron chi connectivity index (χ0n) is 20.8. The fourth-order valence-corrected chi connectivity index (χ4v) is 5.00. The van der Waals surface area contributed by atoms with Crippen LogP contribution in [0.25, 0.3) is 10.4 Å². The van der Waals surface area contributed by atoms with Crippen LogP contribution in [0.15, 0.2) is 112 Å². The lowest BCUT2D eigenvalue weighted by Crippen LogP contribution is -2.38. The number of azide groups is 1. The topological polar surface area (TPSA) is 122 Å². The summed E-state index contributed by atoms with van der Waals surface area (Å²) in [5.41, 5.74) is 10.4. The van der Waals surface area contributed by atoms with Crippen LogP contribution >= 0.6 is 0 Å². The number of hydrogen-bond donors (Lipinski definition) is 1. The average molecular weight is 510 g/mol. The Hall–Kier alpha value is -4.43. The van der Waals surface area contributed by atoms with E-state index in [0.29, 0.717) is 5.56 Å². The van der Waals surface area contributed by atoms with Crippen LogP contribution in [0.5, 0.6) is 0 Å². The van der Waals surface area contributed by atoms with Crippen LogP contribution in [-0.4, -0.2) is 28.3 Å². The largest absolute Gasteiger partial charge is 0.358 e. The Morgan fingerprint density at radius 2 is 1.50 bits per heavy atom. The number of nitrogens with one attached hydrogen (secondary N) is 1. The molecule has 0 aliphatic carbocycles. The molecule has 1 aliphatic heterocycles. The monoisotopic (exact) mass is 509 g/mol. The second-order valence-electron chi connectivity index (χ2n) is 9.21. The van der Waals surface area contributed by atoms with Crippen molar-refractivity contribution in [3.05, 3.63) is 151 Å². The third kappa shape index (κ3) is 4.78. The van der Waals surface area contributed by atoms with E-state index in [9.17, 15) is 15.1 Å². The van der Waals surface area contributed by atoms with Gasteiger partial charge >= 0.3 is 5.69 Å². The van der Waals surface area contributed by atoms with Crippen molar-refractivity contribution in [2.45, 2.75) is 37.3 Å². The average Bonchev–Trinajstić information content (AvgIpc) is 3.35. The van der Waals surface area contributed by atoms with Gasteiger partial charge in [-0.05, 0) is 29.1 Å². The molecular weight excluding hydrogens is 482 g/mol. The van der Waals surface area contributed by atoms with Crippen LogP contribution in [0.3, 0.4) is 0 Å². The molecule has 9 heteroatoms. The van der Waals surface area contributed by atoms with Gasteiger partial charge in [0.15, 0.2) is 0 Å². The highest BCUT2D eigenvalue weighted by Gasteiger charge is 2.42. The van der Waals surface area contributed by atoms with E-state index in [1.54, 1.807) is 6.92 Å². The summed E-state index contributed by atoms with van der Waals surface area (Å²) >= 11 is 0. The normalized spacial score (nSPS) is 19.1. The minimum absolute atomic E-state index is 0.0793. The highest BCUT2D eigenvalue weighted by atomic mass is 16.6. The molecule has 0 bridgehead atoms. The van der Waals surface area contributed by atoms with E-state index >= 15 is 0 Å². The van der Waals surface area contributed by atoms with Gasteiger partial charge in [-0.2, -0.15) is 0 Å². The van der Waals surface area contributed by atoms with Crippen molar-refractivity contribution in [1.82, 2.24) is 9.55 Å². The number of rotatable bonds is 8. The third-order valence-corrected chi connectivity index (χ3v) is 6.87. The lowest BCUT2D eigenvalue weighted by atomic mass is 9.80. The summed E-state index contributed by atoms with van der Waals surface area (Å²) in [7, 11) is 0. The first kappa shape index (κ1) is 25.2. The number of ether oxygens (including phenoxy) is 2. The van der Waals surface area contributed by atoms with Crippen molar-refractivity contribution in [2.75, 3.05) is 6.61 Å². The Bertz CT molecular complexity index is 1450. The predicted octanol–water partition coefficient (Wildman–Crippen LogP) is 4.82. The molecule has 3 aromatic carbocycles. The van der Waals surface area contributed by atoms with Gasteiger partial charge in [0, 0.05) is 23.1 Å². The molecule has 38 heavy (non-hydrogen) atoms. The minimum atomic E-state index is -0.975. The highest BCUT2D eigenvalue weighted by molar-refractivity contribution is 5.47. The number of aromatic amines is 1. The first-order chi connectivity index (χ1) is 18.5. The van der Waals surface area contributed by atoms with Gasteiger partial charge in [-0.25, -0.2) is 4.79 Å². The van der Waals surface area contributed by atoms with Crippen LogP contribution in [0.1, 0.15) is 34.9 Å². The van der Waals surface area contributed by atoms with E-state index in [4.69, 9.17) is 9.47 Å². The SMILES string of the molecule is Cc1cn([C@H]2C[C@H](N=[N+]=[N-])[C@H](COC(c3ccccc3)(c3ccccc3)c3ccccc3)O2)c(=O)[nH]c1=O. The molecule has 1 fully saturated rings. The van der Waals surface area contributed by atoms with Crippen molar-refractivity contribution in [3.8, 4) is 0 Å². The molecule has 0 amide bonds. The van der Waals surface area contributed by atoms with Crippen molar-refractivity contribution < 1.29 is 9.47 Å². The fraction of sp³-hybridized carbons (Fsp3) is 0.241. The fourth-order valence-electron chi connectivity index (χ4n) is 5.00. The maximum absolute atomic E-state index is 12.5. The van der Waals surface area contributed by atoms with Crippen molar-refractivity contribution >= 4 is 0 Å². The Morgan fingerprint density at radius 3 is 2.00 bits per heavy atom. The number of aromatic nitrogens is 2. The first-order valence-corrected chi connectivity index (χ1v) is 12.3. The Morgan fingerprint density at radius 1 is 0.974 bits per heavy atom. The van der Waals surface area contributed by atoms with Gasteiger partial charge in [-0.15, -0.1) is 0 Å². The molecule has 1 aromatic heterocycles. The van der Waals surface area contributed by atoms with Crippen molar-refractivity contribution in [3.63, 3.8) is 0 Å². The second kappa shape index (κ2) is 10.9. The van der Waals surface area contributed by atoms with Gasteiger partial charge in [-0.3, -0.25) is 14.3 Å². The number of hydrogen-bond acceptors (Lipinski definition) is 5. The zero-order valence-corrected chi connectivity index (χ0v) is 20.8. The summed E-state index contributed by atoms with van der Waals surface area (Å²) in [6.07, 6.45) is 0.371. The van der Waals surface area contributed by atoms with E-state index in [1.165, 1.54) is 10.8 Å². The molecule has 9 nitrogen and oxygen atoms in total. The van der Waals surface area contributed by atoms with Gasteiger partial charge < -0.3 is 9.47 Å². The van der Waals surface area contributed by atoms with Crippen LogP contribution in [0.4, 0.5) is 0 Å². The van der Waals surface area contributed by atoms with Crippen LogP contribution < -0.4 is 11.2 Å². The smallest absolute Gasteiger partial charge is 0.330 e. The van der Waals surface area contributed by atoms with Gasteiger partial charge in [-0.1, -0.05) is 96.1 Å². The number of aryl methyl sites for hydroxylation is 1. The zero-order chi connectivity index (χ0) is 26.5. The standard InChI is InChI=1S/C29H27N5O4/c1-20-18-34(28(36)31-27(20)35)26-17-24(32-33-30)25(38-26)19-37-29(21-11-5-2-6-12-21,22-13-7-3-8-14-22)23-15-9-4-10-16-23/h2-16,18,24-26H,17,19H2,1H3,(H,31,35,36)/t24-,25-,26+/m0/s1. The van der Waals surface area contributed by atoms with Crippen LogP contribution in [0.2, 0.25) is 0 Å².